The molecule has 3 atom stereocenters. The van der Waals surface area contributed by atoms with Crippen LogP contribution < -0.4 is 5.32 Å². The predicted octanol–water partition coefficient (Wildman–Crippen LogP) is 1.17. The molecule has 2 aliphatic carbocycles. The maximum atomic E-state index is 13.0. The van der Waals surface area contributed by atoms with Gasteiger partial charge in [0.05, 0.1) is 22.4 Å². The molecule has 2 aromatic carbocycles. The van der Waals surface area contributed by atoms with Crippen molar-refractivity contribution in [2.45, 2.75) is 31.2 Å². The molecule has 0 radical (unpaired) electrons. The van der Waals surface area contributed by atoms with Gasteiger partial charge >= 0.3 is 0 Å². The molecule has 6 N–H and O–H groups in total. The molecule has 0 spiro atoms. The van der Waals surface area contributed by atoms with E-state index in [1.165, 1.54) is 6.92 Å². The summed E-state index contributed by atoms with van der Waals surface area (Å²) in [5.41, 5.74) is -2.57. The smallest absolute Gasteiger partial charge is 0.213 e. The second-order valence-electron chi connectivity index (χ2n) is 7.51. The maximum absolute atomic E-state index is 13.0. The number of ketones is 2. The summed E-state index contributed by atoms with van der Waals surface area (Å²) in [4.78, 5) is 25.7. The van der Waals surface area contributed by atoms with E-state index >= 15 is 0 Å². The molecule has 0 saturated carbocycles. The number of fused-ring (bicyclic) bond motifs is 2. The second kappa shape index (κ2) is 6.41. The van der Waals surface area contributed by atoms with Crippen LogP contribution in [0.4, 0.5) is 5.69 Å². The number of aliphatic hydroxyl groups is 3. The lowest BCUT2D eigenvalue weighted by Gasteiger charge is -2.39. The lowest BCUT2D eigenvalue weighted by Crippen LogP contribution is -2.48. The van der Waals surface area contributed by atoms with Crippen LogP contribution in [0.2, 0.25) is 0 Å². The lowest BCUT2D eigenvalue weighted by molar-refractivity contribution is -0.126. The fourth-order valence-electron chi connectivity index (χ4n) is 3.89. The van der Waals surface area contributed by atoms with Gasteiger partial charge in [-0.2, -0.15) is 0 Å². The van der Waals surface area contributed by atoms with Gasteiger partial charge in [0.1, 0.15) is 23.7 Å². The Bertz CT molecular complexity index is 1070. The van der Waals surface area contributed by atoms with Crippen molar-refractivity contribution >= 4 is 17.3 Å². The molecule has 8 heteroatoms. The molecule has 0 aliphatic heterocycles. The minimum Gasteiger partial charge on any atom is -0.507 e. The van der Waals surface area contributed by atoms with Crippen molar-refractivity contribution in [3.8, 4) is 11.5 Å². The van der Waals surface area contributed by atoms with E-state index in [1.807, 2.05) is 0 Å². The van der Waals surface area contributed by atoms with Crippen LogP contribution in [0.3, 0.4) is 0 Å². The molecule has 2 aromatic rings. The lowest BCUT2D eigenvalue weighted by atomic mass is 9.73. The van der Waals surface area contributed by atoms with E-state index in [1.54, 1.807) is 30.3 Å². The average molecular weight is 397 g/mol. The molecule has 0 fully saturated rings. The number of anilines is 1. The molecule has 29 heavy (non-hydrogen) atoms. The van der Waals surface area contributed by atoms with Gasteiger partial charge in [0, 0.05) is 29.3 Å². The summed E-state index contributed by atoms with van der Waals surface area (Å²) in [6, 6.07) is 8.63. The fourth-order valence-corrected chi connectivity index (χ4v) is 3.89. The quantitative estimate of drug-likeness (QED) is 0.414. The van der Waals surface area contributed by atoms with E-state index in [2.05, 4.69) is 5.32 Å². The van der Waals surface area contributed by atoms with E-state index in [0.29, 0.717) is 5.69 Å². The van der Waals surface area contributed by atoms with Gasteiger partial charge in [0.2, 0.25) is 5.78 Å². The largest absolute Gasteiger partial charge is 0.507 e. The summed E-state index contributed by atoms with van der Waals surface area (Å²) in [6.45, 7) is 1.26. The minimum absolute atomic E-state index is 0.0912. The van der Waals surface area contributed by atoms with Crippen LogP contribution in [-0.4, -0.2) is 48.8 Å². The van der Waals surface area contributed by atoms with Crippen LogP contribution in [0.25, 0.3) is 0 Å². The Morgan fingerprint density at radius 1 is 1.03 bits per heavy atom. The number of hydrogen-bond acceptors (Lipinski definition) is 8. The van der Waals surface area contributed by atoms with E-state index in [9.17, 15) is 35.1 Å². The highest BCUT2D eigenvalue weighted by molar-refractivity contribution is 6.27. The first-order chi connectivity index (χ1) is 13.6. The number of hydrogen-bond donors (Lipinski definition) is 6. The number of nitrogens with one attached hydrogen (secondary N) is 1. The Morgan fingerprint density at radius 3 is 2.34 bits per heavy atom. The second-order valence-corrected chi connectivity index (χ2v) is 7.51. The molecular weight excluding hydrogens is 378 g/mol. The highest BCUT2D eigenvalue weighted by Gasteiger charge is 2.47. The number of aliphatic hydroxyl groups excluding tert-OH is 2. The van der Waals surface area contributed by atoms with Crippen molar-refractivity contribution in [3.05, 3.63) is 64.4 Å². The minimum atomic E-state index is -1.81. The first-order valence-electron chi connectivity index (χ1n) is 8.95. The number of para-hydroxylation sites is 1. The van der Waals surface area contributed by atoms with Crippen molar-refractivity contribution < 1.29 is 35.1 Å². The number of carbonyl (C=O) groups is 2. The first kappa shape index (κ1) is 19.1. The number of phenols is 2. The van der Waals surface area contributed by atoms with Gasteiger partial charge in [-0.3, -0.25) is 9.59 Å². The van der Waals surface area contributed by atoms with Crippen molar-refractivity contribution in [2.24, 2.45) is 0 Å². The highest BCUT2D eigenvalue weighted by atomic mass is 16.4. The van der Waals surface area contributed by atoms with Crippen LogP contribution in [-0.2, 0) is 6.42 Å². The summed E-state index contributed by atoms with van der Waals surface area (Å²) in [7, 11) is 0. The Labute approximate surface area is 165 Å². The van der Waals surface area contributed by atoms with Crippen molar-refractivity contribution in [1.82, 2.24) is 0 Å². The van der Waals surface area contributed by atoms with Gasteiger partial charge in [-0.25, -0.2) is 0 Å². The van der Waals surface area contributed by atoms with Crippen LogP contribution in [0, 0.1) is 0 Å². The summed E-state index contributed by atoms with van der Waals surface area (Å²) >= 11 is 0. The van der Waals surface area contributed by atoms with Gasteiger partial charge in [0.25, 0.3) is 0 Å². The normalized spacial score (nSPS) is 25.9. The van der Waals surface area contributed by atoms with E-state index in [0.717, 1.165) is 6.08 Å². The topological polar surface area (TPSA) is 147 Å². The Kier molecular flexibility index (Phi) is 4.23. The number of aromatic hydroxyl groups is 2. The number of carbonyl (C=O) groups excluding carboxylic acids is 2. The Balaban J connectivity index is 1.88. The zero-order valence-electron chi connectivity index (χ0n) is 15.4. The molecule has 4 rings (SSSR count). The van der Waals surface area contributed by atoms with E-state index in [-0.39, 0.29) is 23.2 Å². The summed E-state index contributed by atoms with van der Waals surface area (Å²) in [5, 5.41) is 55.1. The van der Waals surface area contributed by atoms with E-state index in [4.69, 9.17) is 0 Å². The third kappa shape index (κ3) is 2.80. The van der Waals surface area contributed by atoms with Gasteiger partial charge in [-0.1, -0.05) is 18.2 Å². The molecule has 2 aliphatic rings. The van der Waals surface area contributed by atoms with Crippen LogP contribution in [0.5, 0.6) is 11.5 Å². The zero-order valence-corrected chi connectivity index (χ0v) is 15.4. The zero-order chi connectivity index (χ0) is 21.1. The number of Topliss-reactive ketones (excluding diaryl/α,β-unsaturated/α-hetero) is 1. The number of benzene rings is 2. The third-order valence-electron chi connectivity index (χ3n) is 5.40. The summed E-state index contributed by atoms with van der Waals surface area (Å²) < 4.78 is 0. The number of phenolic OH excluding ortho intramolecular Hbond substituents is 2. The number of allylic oxidation sites excluding steroid dienone is 2. The van der Waals surface area contributed by atoms with Gasteiger partial charge < -0.3 is 30.8 Å². The van der Waals surface area contributed by atoms with Crippen LogP contribution >= 0.6 is 0 Å². The first-order valence-corrected chi connectivity index (χ1v) is 8.95. The average Bonchev–Trinajstić information content (AvgIpc) is 2.67. The summed E-state index contributed by atoms with van der Waals surface area (Å²) in [5.74, 6) is -2.77. The van der Waals surface area contributed by atoms with Gasteiger partial charge in [0.15, 0.2) is 5.78 Å². The van der Waals surface area contributed by atoms with Crippen LogP contribution in [0.15, 0.2) is 42.1 Å². The fraction of sp³-hybridized carbons (Fsp3) is 0.238. The Morgan fingerprint density at radius 2 is 1.69 bits per heavy atom. The molecule has 0 amide bonds. The monoisotopic (exact) mass is 397 g/mol. The van der Waals surface area contributed by atoms with Crippen LogP contribution in [0.1, 0.15) is 44.9 Å². The van der Waals surface area contributed by atoms with Gasteiger partial charge in [-0.05, 0) is 19.1 Å². The highest BCUT2D eigenvalue weighted by Crippen LogP contribution is 2.49. The molecule has 0 saturated heterocycles. The molecule has 3 unspecified atom stereocenters. The summed E-state index contributed by atoms with van der Waals surface area (Å²) in [6.07, 6.45) is -2.73. The Hall–Kier alpha value is -3.20. The molecule has 8 nitrogen and oxygen atoms in total. The molecule has 150 valence electrons. The number of rotatable bonds is 2. The molecule has 0 bridgehead atoms. The van der Waals surface area contributed by atoms with E-state index < -0.39 is 52.0 Å². The standard InChI is InChI=1S/C21H19NO7/c1-21(29)8-10-13(19(27)20(21)28)18(26)14-12(23)7-11(17(25)15(14)16(10)24)22-9-5-3-2-4-6-9/h2-7,19-20,22,24,26-29H,8H2,1H3. The third-order valence-corrected chi connectivity index (χ3v) is 5.40. The molecule has 0 aromatic heterocycles. The maximum Gasteiger partial charge on any atom is 0.213 e. The molecule has 0 heterocycles. The predicted molar refractivity (Wildman–Crippen MR) is 102 cm³/mol. The van der Waals surface area contributed by atoms with Gasteiger partial charge in [-0.15, -0.1) is 0 Å². The molecular formula is C21H19NO7. The SMILES string of the molecule is CC1(O)Cc2c(O)c3c(c(O)c2C(O)C1O)C(=O)C=C(Nc1ccccc1)C3=O. The van der Waals surface area contributed by atoms with Crippen molar-refractivity contribution in [1.29, 1.82) is 0 Å². The van der Waals surface area contributed by atoms with Crippen molar-refractivity contribution in [2.75, 3.05) is 5.32 Å². The van der Waals surface area contributed by atoms with Crippen molar-refractivity contribution in [3.63, 3.8) is 0 Å².